The van der Waals surface area contributed by atoms with Crippen molar-refractivity contribution in [1.82, 2.24) is 9.55 Å². The first kappa shape index (κ1) is 9.55. The highest BCUT2D eigenvalue weighted by molar-refractivity contribution is 5.08. The lowest BCUT2D eigenvalue weighted by molar-refractivity contribution is -0.141. The number of nitrogens with zero attached hydrogens (tertiary/aromatic N) is 2. The van der Waals surface area contributed by atoms with E-state index in [0.717, 1.165) is 25.5 Å². The van der Waals surface area contributed by atoms with Crippen molar-refractivity contribution in [2.24, 2.45) is 0 Å². The molecule has 5 heteroatoms. The van der Waals surface area contributed by atoms with Crippen LogP contribution in [0.25, 0.3) is 0 Å². The van der Waals surface area contributed by atoms with Crippen LogP contribution in [0.4, 0.5) is 13.2 Å². The Balaban J connectivity index is 2.29. The van der Waals surface area contributed by atoms with Gasteiger partial charge in [-0.3, -0.25) is 0 Å². The van der Waals surface area contributed by atoms with Crippen LogP contribution in [0.2, 0.25) is 0 Å². The number of halogens is 3. The first-order valence-electron chi connectivity index (χ1n) is 4.61. The molecule has 1 aliphatic carbocycles. The number of alkyl halides is 3. The van der Waals surface area contributed by atoms with Crippen LogP contribution in [0.15, 0.2) is 6.20 Å². The third kappa shape index (κ3) is 1.51. The molecule has 1 saturated carbocycles. The second-order valence-corrected chi connectivity index (χ2v) is 3.66. The van der Waals surface area contributed by atoms with E-state index in [2.05, 4.69) is 4.98 Å². The molecule has 14 heavy (non-hydrogen) atoms. The van der Waals surface area contributed by atoms with Crippen molar-refractivity contribution in [3.63, 3.8) is 0 Å². The van der Waals surface area contributed by atoms with Crippen molar-refractivity contribution < 1.29 is 13.2 Å². The smallest absolute Gasteiger partial charge is 0.331 e. The molecule has 0 amide bonds. The first-order chi connectivity index (χ1) is 6.48. The van der Waals surface area contributed by atoms with Crippen LogP contribution in [-0.4, -0.2) is 9.55 Å². The van der Waals surface area contributed by atoms with E-state index in [4.69, 9.17) is 0 Å². The molecular formula is C9H11F3N2. The molecule has 1 aromatic heterocycles. The molecule has 0 saturated heterocycles. The quantitative estimate of drug-likeness (QED) is 0.687. The number of hydrogen-bond acceptors (Lipinski definition) is 1. The summed E-state index contributed by atoms with van der Waals surface area (Å²) in [6.07, 6.45) is -0.161. The van der Waals surface area contributed by atoms with E-state index < -0.39 is 11.9 Å². The lowest BCUT2D eigenvalue weighted by Crippen LogP contribution is -2.17. The van der Waals surface area contributed by atoms with Crippen LogP contribution in [0, 0.1) is 6.92 Å². The third-order valence-corrected chi connectivity index (χ3v) is 2.68. The van der Waals surface area contributed by atoms with Crippen LogP contribution in [0.1, 0.15) is 36.8 Å². The van der Waals surface area contributed by atoms with Gasteiger partial charge in [-0.15, -0.1) is 0 Å². The fourth-order valence-electron chi connectivity index (χ4n) is 1.66. The van der Waals surface area contributed by atoms with E-state index in [-0.39, 0.29) is 6.04 Å². The second kappa shape index (κ2) is 3.00. The first-order valence-corrected chi connectivity index (χ1v) is 4.61. The SMILES string of the molecule is Cc1nc(C(F)(F)F)cn1C1CCC1. The maximum Gasteiger partial charge on any atom is 0.434 e. The zero-order valence-corrected chi connectivity index (χ0v) is 7.80. The summed E-state index contributed by atoms with van der Waals surface area (Å²) in [6, 6.07) is 0.235. The van der Waals surface area contributed by atoms with E-state index in [1.165, 1.54) is 0 Å². The van der Waals surface area contributed by atoms with Crippen molar-refractivity contribution in [2.45, 2.75) is 38.4 Å². The lowest BCUT2D eigenvalue weighted by atomic mass is 9.93. The van der Waals surface area contributed by atoms with Crippen LogP contribution in [-0.2, 0) is 6.18 Å². The summed E-state index contributed by atoms with van der Waals surface area (Å²) in [5.41, 5.74) is -0.776. The predicted molar refractivity (Wildman–Crippen MR) is 44.9 cm³/mol. The van der Waals surface area contributed by atoms with Crippen molar-refractivity contribution in [1.29, 1.82) is 0 Å². The summed E-state index contributed by atoms with van der Waals surface area (Å²) in [4.78, 5) is 3.52. The van der Waals surface area contributed by atoms with Crippen LogP contribution in [0.3, 0.4) is 0 Å². The largest absolute Gasteiger partial charge is 0.434 e. The van der Waals surface area contributed by atoms with Crippen molar-refractivity contribution in [3.8, 4) is 0 Å². The Hall–Kier alpha value is -1.00. The number of hydrogen-bond donors (Lipinski definition) is 0. The van der Waals surface area contributed by atoms with E-state index in [1.54, 1.807) is 11.5 Å². The van der Waals surface area contributed by atoms with Gasteiger partial charge >= 0.3 is 6.18 Å². The zero-order chi connectivity index (χ0) is 10.3. The van der Waals surface area contributed by atoms with E-state index in [0.29, 0.717) is 5.82 Å². The van der Waals surface area contributed by atoms with Gasteiger partial charge in [0.2, 0.25) is 0 Å². The van der Waals surface area contributed by atoms with Crippen LogP contribution >= 0.6 is 0 Å². The number of aryl methyl sites for hydroxylation is 1. The highest BCUT2D eigenvalue weighted by Crippen LogP contribution is 2.35. The van der Waals surface area contributed by atoms with Gasteiger partial charge in [0.15, 0.2) is 5.69 Å². The summed E-state index contributed by atoms with van der Waals surface area (Å²) in [5, 5.41) is 0. The van der Waals surface area contributed by atoms with Crippen LogP contribution < -0.4 is 0 Å². The number of aromatic nitrogens is 2. The maximum atomic E-state index is 12.3. The maximum absolute atomic E-state index is 12.3. The molecule has 1 aromatic rings. The van der Waals surface area contributed by atoms with Gasteiger partial charge in [0.05, 0.1) is 0 Å². The molecule has 1 aliphatic rings. The fourth-order valence-corrected chi connectivity index (χ4v) is 1.66. The molecule has 1 fully saturated rings. The lowest BCUT2D eigenvalue weighted by Gasteiger charge is -2.27. The van der Waals surface area contributed by atoms with Gasteiger partial charge in [-0.1, -0.05) is 0 Å². The molecule has 0 aromatic carbocycles. The van der Waals surface area contributed by atoms with Crippen molar-refractivity contribution >= 4 is 0 Å². The Kier molecular flexibility index (Phi) is 2.05. The summed E-state index contributed by atoms with van der Waals surface area (Å²) in [7, 11) is 0. The van der Waals surface area contributed by atoms with Gasteiger partial charge in [-0.25, -0.2) is 4.98 Å². The summed E-state index contributed by atoms with van der Waals surface area (Å²) >= 11 is 0. The van der Waals surface area contributed by atoms with Gasteiger partial charge in [0.1, 0.15) is 5.82 Å². The minimum Gasteiger partial charge on any atom is -0.331 e. The average Bonchev–Trinajstić information content (AvgIpc) is 2.28. The van der Waals surface area contributed by atoms with Gasteiger partial charge in [0.25, 0.3) is 0 Å². The molecule has 0 radical (unpaired) electrons. The molecule has 0 spiro atoms. The Morgan fingerprint density at radius 2 is 2.07 bits per heavy atom. The highest BCUT2D eigenvalue weighted by atomic mass is 19.4. The molecule has 0 atom stereocenters. The fraction of sp³-hybridized carbons (Fsp3) is 0.667. The highest BCUT2D eigenvalue weighted by Gasteiger charge is 2.35. The third-order valence-electron chi connectivity index (χ3n) is 2.68. The molecule has 1 heterocycles. The zero-order valence-electron chi connectivity index (χ0n) is 7.80. The van der Waals surface area contributed by atoms with Crippen molar-refractivity contribution in [3.05, 3.63) is 17.7 Å². The summed E-state index contributed by atoms with van der Waals surface area (Å²) in [6.45, 7) is 1.62. The molecule has 78 valence electrons. The van der Waals surface area contributed by atoms with E-state index in [1.807, 2.05) is 0 Å². The normalized spacial score (nSPS) is 18.3. The molecule has 0 unspecified atom stereocenters. The molecule has 0 N–H and O–H groups in total. The van der Waals surface area contributed by atoms with Gasteiger partial charge < -0.3 is 4.57 Å². The Labute approximate surface area is 79.8 Å². The molecule has 0 aliphatic heterocycles. The van der Waals surface area contributed by atoms with Gasteiger partial charge in [-0.2, -0.15) is 13.2 Å². The summed E-state index contributed by atoms with van der Waals surface area (Å²) in [5.74, 6) is 0.460. The minimum absolute atomic E-state index is 0.235. The Morgan fingerprint density at radius 3 is 2.43 bits per heavy atom. The molecule has 2 rings (SSSR count). The van der Waals surface area contributed by atoms with E-state index in [9.17, 15) is 13.2 Å². The molecule has 0 bridgehead atoms. The number of imidazole rings is 1. The topological polar surface area (TPSA) is 17.8 Å². The Bertz CT molecular complexity index is 336. The number of rotatable bonds is 1. The van der Waals surface area contributed by atoms with Gasteiger partial charge in [0, 0.05) is 12.2 Å². The molecular weight excluding hydrogens is 193 g/mol. The van der Waals surface area contributed by atoms with Gasteiger partial charge in [-0.05, 0) is 26.2 Å². The monoisotopic (exact) mass is 204 g/mol. The molecule has 2 nitrogen and oxygen atoms in total. The van der Waals surface area contributed by atoms with Crippen molar-refractivity contribution in [2.75, 3.05) is 0 Å². The van der Waals surface area contributed by atoms with Crippen LogP contribution in [0.5, 0.6) is 0 Å². The standard InChI is InChI=1S/C9H11F3N2/c1-6-13-8(9(10,11)12)5-14(6)7-3-2-4-7/h5,7H,2-4H2,1H3. The van der Waals surface area contributed by atoms with E-state index >= 15 is 0 Å². The minimum atomic E-state index is -4.32. The average molecular weight is 204 g/mol. The Morgan fingerprint density at radius 1 is 1.43 bits per heavy atom. The summed E-state index contributed by atoms with van der Waals surface area (Å²) < 4.78 is 38.5. The second-order valence-electron chi connectivity index (χ2n) is 3.66. The predicted octanol–water partition coefficient (Wildman–Crippen LogP) is 2.94.